The summed E-state index contributed by atoms with van der Waals surface area (Å²) >= 11 is -2.37. The zero-order chi connectivity index (χ0) is 20.0. The molecule has 0 amide bonds. The van der Waals surface area contributed by atoms with Gasteiger partial charge in [-0.3, -0.25) is 0 Å². The molecule has 2 aliphatic carbocycles. The molecule has 4 rings (SSSR count). The summed E-state index contributed by atoms with van der Waals surface area (Å²) in [5.41, 5.74) is 9.34. The van der Waals surface area contributed by atoms with E-state index in [1.165, 1.54) is 16.7 Å². The van der Waals surface area contributed by atoms with Crippen molar-refractivity contribution in [1.29, 1.82) is 0 Å². The average Bonchev–Trinajstić information content (AvgIpc) is 3.19. The van der Waals surface area contributed by atoms with Crippen LogP contribution >= 0.6 is 0 Å². The summed E-state index contributed by atoms with van der Waals surface area (Å²) in [4.78, 5) is 0. The van der Waals surface area contributed by atoms with Gasteiger partial charge in [0.2, 0.25) is 0 Å². The van der Waals surface area contributed by atoms with Crippen molar-refractivity contribution >= 4 is 6.58 Å². The number of halogens is 2. The standard InChI is InChI=1S/C13H9.C7H9.C7H14.2ClH.Hf/c1-3-7-12-10(5-1)9-11-6-2-4-8-13(11)12;1-6-3-4-7(2)5-6;1-6(2)5-7(3)4;;;/h1-5,7-8H,9H2;3-5H,1-2H3;6-7H,1-4H3;2*1H;/q;;;;;+2/p-2. The molecule has 0 unspecified atom stereocenters. The maximum absolute atomic E-state index is 2.51. The van der Waals surface area contributed by atoms with Crippen LogP contribution in [0.15, 0.2) is 65.8 Å². The molecule has 0 atom stereocenters. The van der Waals surface area contributed by atoms with E-state index in [1.54, 1.807) is 20.0 Å². The third kappa shape index (κ3) is 4.41. The number of hydrogen-bond donors (Lipinski definition) is 0. The topological polar surface area (TPSA) is 0 Å². The first-order chi connectivity index (χ1) is 13.4. The van der Waals surface area contributed by atoms with Gasteiger partial charge in [0.1, 0.15) is 0 Å². The average molecular weight is 606 g/mol. The van der Waals surface area contributed by atoms with Gasteiger partial charge in [-0.2, -0.15) is 0 Å². The number of benzene rings is 2. The Balaban J connectivity index is 0.00000160. The van der Waals surface area contributed by atoms with Crippen molar-refractivity contribution < 1.29 is 45.8 Å². The van der Waals surface area contributed by atoms with Gasteiger partial charge in [0, 0.05) is 0 Å². The molecular formula is C27H32Cl2Hf. The third-order valence-electron chi connectivity index (χ3n) is 6.50. The van der Waals surface area contributed by atoms with Gasteiger partial charge in [-0.1, -0.05) is 0 Å². The second-order valence-corrected chi connectivity index (χ2v) is 18.2. The largest absolute Gasteiger partial charge is 1.00 e. The van der Waals surface area contributed by atoms with Crippen LogP contribution in [0.5, 0.6) is 0 Å². The van der Waals surface area contributed by atoms with Crippen molar-refractivity contribution in [1.82, 2.24) is 0 Å². The number of allylic oxidation sites excluding steroid dienone is 4. The van der Waals surface area contributed by atoms with Crippen LogP contribution in [0.4, 0.5) is 0 Å². The second kappa shape index (κ2) is 10.2. The van der Waals surface area contributed by atoms with Crippen LogP contribution in [0.2, 0.25) is 3.67 Å². The molecule has 0 bridgehead atoms. The Morgan fingerprint density at radius 3 is 1.97 bits per heavy atom. The van der Waals surface area contributed by atoms with Crippen LogP contribution < -0.4 is 28.1 Å². The summed E-state index contributed by atoms with van der Waals surface area (Å²) in [7, 11) is 0. The Morgan fingerprint density at radius 1 is 0.800 bits per heavy atom. The minimum absolute atomic E-state index is 0. The Morgan fingerprint density at radius 2 is 1.37 bits per heavy atom. The zero-order valence-corrected chi connectivity index (χ0v) is 24.0. The van der Waals surface area contributed by atoms with E-state index in [0.717, 1.165) is 6.42 Å². The quantitative estimate of drug-likeness (QED) is 0.384. The number of rotatable bonds is 4. The molecule has 2 aliphatic rings. The minimum Gasteiger partial charge on any atom is -1.00 e. The molecule has 0 spiro atoms. The van der Waals surface area contributed by atoms with Crippen molar-refractivity contribution in [2.24, 2.45) is 11.8 Å². The van der Waals surface area contributed by atoms with Gasteiger partial charge in [-0.05, 0) is 0 Å². The molecule has 0 saturated carbocycles. The van der Waals surface area contributed by atoms with E-state index in [-0.39, 0.29) is 24.8 Å². The first kappa shape index (κ1) is 25.5. The Kier molecular flexibility index (Phi) is 8.70. The second-order valence-electron chi connectivity index (χ2n) is 9.10. The van der Waals surface area contributed by atoms with Crippen molar-refractivity contribution in [3.8, 4) is 11.1 Å². The van der Waals surface area contributed by atoms with Crippen LogP contribution in [-0.4, -0.2) is 3.26 Å². The number of fused-ring (bicyclic) bond motifs is 3. The Bertz CT molecular complexity index is 997. The molecule has 0 saturated heterocycles. The van der Waals surface area contributed by atoms with E-state index < -0.39 is 21.0 Å². The summed E-state index contributed by atoms with van der Waals surface area (Å²) < 4.78 is 4.38. The number of hydrogen-bond acceptors (Lipinski definition) is 0. The molecule has 2 aromatic carbocycles. The van der Waals surface area contributed by atoms with E-state index in [0.29, 0.717) is 15.5 Å². The van der Waals surface area contributed by atoms with Gasteiger partial charge in [-0.15, -0.1) is 0 Å². The van der Waals surface area contributed by atoms with Crippen LogP contribution in [0.1, 0.15) is 52.7 Å². The van der Waals surface area contributed by atoms with Crippen molar-refractivity contribution in [2.45, 2.75) is 51.6 Å². The summed E-state index contributed by atoms with van der Waals surface area (Å²) in [6, 6.07) is 16.2. The Labute approximate surface area is 202 Å². The molecule has 0 heterocycles. The Hall–Kier alpha value is -0.760. The summed E-state index contributed by atoms with van der Waals surface area (Å²) in [6.45, 7) is 14.5. The molecular weight excluding hydrogens is 574 g/mol. The maximum atomic E-state index is 2.51. The normalized spacial score (nSPS) is 14.2. The van der Waals surface area contributed by atoms with Gasteiger partial charge >= 0.3 is 179 Å². The van der Waals surface area contributed by atoms with E-state index in [1.807, 2.05) is 3.26 Å². The third-order valence-corrected chi connectivity index (χ3v) is 22.0. The predicted molar refractivity (Wildman–Crippen MR) is 120 cm³/mol. The summed E-state index contributed by atoms with van der Waals surface area (Å²) in [5, 5.41) is 0. The molecule has 0 radical (unpaired) electrons. The van der Waals surface area contributed by atoms with Gasteiger partial charge in [0.15, 0.2) is 0 Å². The molecule has 0 aromatic heterocycles. The fourth-order valence-electron chi connectivity index (χ4n) is 5.45. The van der Waals surface area contributed by atoms with Gasteiger partial charge in [-0.25, -0.2) is 0 Å². The van der Waals surface area contributed by atoms with Crippen LogP contribution in [-0.2, 0) is 27.4 Å². The van der Waals surface area contributed by atoms with Crippen LogP contribution in [0.3, 0.4) is 0 Å². The van der Waals surface area contributed by atoms with Gasteiger partial charge < -0.3 is 24.8 Å². The van der Waals surface area contributed by atoms with Crippen molar-refractivity contribution in [2.75, 3.05) is 0 Å². The first-order valence-corrected chi connectivity index (χ1v) is 16.4. The van der Waals surface area contributed by atoms with Gasteiger partial charge in [0.05, 0.1) is 0 Å². The van der Waals surface area contributed by atoms with E-state index in [9.17, 15) is 0 Å². The molecule has 0 nitrogen and oxygen atoms in total. The van der Waals surface area contributed by atoms with E-state index in [2.05, 4.69) is 96.2 Å². The maximum Gasteiger partial charge on any atom is -1.00 e. The van der Waals surface area contributed by atoms with Gasteiger partial charge in [0.25, 0.3) is 0 Å². The first-order valence-electron chi connectivity index (χ1n) is 10.7. The van der Waals surface area contributed by atoms with E-state index in [4.69, 9.17) is 0 Å². The minimum atomic E-state index is -2.37. The zero-order valence-electron chi connectivity index (χ0n) is 18.9. The molecule has 2 aromatic rings. The summed E-state index contributed by atoms with van der Waals surface area (Å²) in [6.07, 6.45) is 5.90. The molecule has 3 heteroatoms. The van der Waals surface area contributed by atoms with Crippen molar-refractivity contribution in [3.05, 3.63) is 76.9 Å². The van der Waals surface area contributed by atoms with Crippen molar-refractivity contribution in [3.63, 3.8) is 0 Å². The monoisotopic (exact) mass is 606 g/mol. The van der Waals surface area contributed by atoms with E-state index >= 15 is 0 Å². The smallest absolute Gasteiger partial charge is 1.00 e. The fourth-order valence-corrected chi connectivity index (χ4v) is 20.3. The molecule has 0 fully saturated rings. The molecule has 0 N–H and O–H groups in total. The van der Waals surface area contributed by atoms with Crippen LogP contribution in [0.25, 0.3) is 11.1 Å². The SMILES string of the molecule is CC1=CC=C(C)[CH]1[Hf+2](=[C](C(C)C)C(C)C)[c]1cccc2c1Cc1ccccc1-2.[Cl-].[Cl-]. The molecule has 30 heavy (non-hydrogen) atoms. The summed E-state index contributed by atoms with van der Waals surface area (Å²) in [5.74, 6) is 1.34. The molecule has 158 valence electrons. The fraction of sp³-hybridized carbons (Fsp3) is 0.370. The predicted octanol–water partition coefficient (Wildman–Crippen LogP) is 0.688. The van der Waals surface area contributed by atoms with Crippen LogP contribution in [0, 0.1) is 11.8 Å². The molecule has 0 aliphatic heterocycles.